The average molecular weight is 592 g/mol. The van der Waals surface area contributed by atoms with Crippen LogP contribution in [0.25, 0.3) is 0 Å². The van der Waals surface area contributed by atoms with Gasteiger partial charge in [0.05, 0.1) is 22.6 Å². The van der Waals surface area contributed by atoms with Crippen LogP contribution in [0, 0.1) is 0 Å². The van der Waals surface area contributed by atoms with E-state index in [9.17, 15) is 0 Å². The van der Waals surface area contributed by atoms with Gasteiger partial charge in [0.25, 0.3) is 0 Å². The molecule has 5 heteroatoms. The van der Waals surface area contributed by atoms with E-state index in [0.717, 1.165) is 29.7 Å². The van der Waals surface area contributed by atoms with E-state index in [2.05, 4.69) is 31.1 Å². The summed E-state index contributed by atoms with van der Waals surface area (Å²) in [4.78, 5) is 7.75. The molecule has 0 spiro atoms. The number of carbonyl (C=O) groups excluding carboxylic acids is 1. The first-order chi connectivity index (χ1) is 17.9. The molecule has 1 aromatic carbocycles. The molecule has 0 saturated heterocycles. The number of benzene rings is 1. The van der Waals surface area contributed by atoms with E-state index in [-0.39, 0.29) is 16.5 Å². The number of hydrogen-bond acceptors (Lipinski definition) is 2. The van der Waals surface area contributed by atoms with Crippen molar-refractivity contribution in [2.24, 2.45) is 0 Å². The molecule has 4 fully saturated rings. The van der Waals surface area contributed by atoms with Gasteiger partial charge in [-0.25, -0.2) is 0 Å². The van der Waals surface area contributed by atoms with E-state index in [1.54, 1.807) is 51.4 Å². The first-order valence-corrected chi connectivity index (χ1v) is 18.7. The minimum absolute atomic E-state index is 0. The summed E-state index contributed by atoms with van der Waals surface area (Å²) in [7, 11) is 0.105. The molecule has 0 unspecified atom stereocenters. The van der Waals surface area contributed by atoms with Crippen molar-refractivity contribution in [3.63, 3.8) is 0 Å². The van der Waals surface area contributed by atoms with Gasteiger partial charge >= 0.3 is 0 Å². The van der Waals surface area contributed by atoms with E-state index in [4.69, 9.17) is 9.90 Å². The van der Waals surface area contributed by atoms with Gasteiger partial charge in [0, 0.05) is 39.4 Å². The van der Waals surface area contributed by atoms with Crippen LogP contribution < -0.4 is 10.6 Å². The van der Waals surface area contributed by atoms with E-state index in [1.165, 1.54) is 77.0 Å². The van der Waals surface area contributed by atoms with Gasteiger partial charge in [-0.15, -0.1) is 0 Å². The summed E-state index contributed by atoms with van der Waals surface area (Å²) in [6.07, 6.45) is 30.7. The molecule has 214 valence electrons. The van der Waals surface area contributed by atoms with Crippen LogP contribution >= 0.6 is 15.8 Å². The van der Waals surface area contributed by atoms with Crippen molar-refractivity contribution in [2.75, 3.05) is 7.11 Å². The maximum atomic E-state index is 7.75. The molecular formula is C32H55NiO2P2+. The van der Waals surface area contributed by atoms with Crippen molar-refractivity contribution in [1.29, 1.82) is 0 Å². The maximum Gasteiger partial charge on any atom is 0.133 e. The van der Waals surface area contributed by atoms with E-state index in [1.807, 2.05) is 10.6 Å². The first-order valence-electron chi connectivity index (χ1n) is 15.4. The fourth-order valence-corrected chi connectivity index (χ4v) is 17.6. The van der Waals surface area contributed by atoms with Gasteiger partial charge in [0.15, 0.2) is 0 Å². The molecule has 0 heterocycles. The summed E-state index contributed by atoms with van der Waals surface area (Å²) in [5, 5.41) is 11.0. The Balaban J connectivity index is 0.000000919. The fraction of sp³-hybridized carbons (Fsp3) is 0.781. The third-order valence-corrected chi connectivity index (χ3v) is 17.9. The molecule has 0 radical (unpaired) electrons. The topological polar surface area (TPSA) is 37.3 Å². The fourth-order valence-electron chi connectivity index (χ4n) is 8.19. The molecule has 1 N–H and O–H groups in total. The van der Waals surface area contributed by atoms with Crippen LogP contribution in [0.3, 0.4) is 0 Å². The third kappa shape index (κ3) is 9.38. The van der Waals surface area contributed by atoms with Crippen LogP contribution in [0.1, 0.15) is 128 Å². The smallest absolute Gasteiger partial charge is 0.133 e. The Bertz CT molecular complexity index is 613. The normalized spacial score (nSPS) is 22.4. The van der Waals surface area contributed by atoms with E-state index in [0.29, 0.717) is 0 Å². The summed E-state index contributed by atoms with van der Waals surface area (Å²) in [6.45, 7) is 3.25. The third-order valence-electron chi connectivity index (χ3n) is 9.73. The molecule has 4 saturated carbocycles. The average Bonchev–Trinajstić information content (AvgIpc) is 2.99. The van der Waals surface area contributed by atoms with Crippen LogP contribution in [0.5, 0.6) is 0 Å². The van der Waals surface area contributed by atoms with Crippen molar-refractivity contribution in [3.05, 3.63) is 24.3 Å². The monoisotopic (exact) mass is 591 g/mol. The molecule has 0 atom stereocenters. The van der Waals surface area contributed by atoms with Gasteiger partial charge < -0.3 is 9.90 Å². The Hall–Kier alpha value is 0.204. The van der Waals surface area contributed by atoms with Crippen LogP contribution in [0.2, 0.25) is 0 Å². The van der Waals surface area contributed by atoms with Gasteiger partial charge in [-0.1, -0.05) is 37.8 Å². The minimum Gasteiger partial charge on any atom is -0.545 e. The quantitative estimate of drug-likeness (QED) is 0.157. The number of aliphatic hydroxyl groups excluding tert-OH is 1. The van der Waals surface area contributed by atoms with Gasteiger partial charge in [0.2, 0.25) is 0 Å². The summed E-state index contributed by atoms with van der Waals surface area (Å²) >= 11 is 0. The molecule has 4 aliphatic carbocycles. The van der Waals surface area contributed by atoms with E-state index < -0.39 is 15.8 Å². The Labute approximate surface area is 241 Å². The molecule has 0 aliphatic heterocycles. The molecule has 0 amide bonds. The molecule has 37 heavy (non-hydrogen) atoms. The number of aliphatic hydroxyl groups is 1. The molecule has 0 aromatic heterocycles. The van der Waals surface area contributed by atoms with Crippen LogP contribution in [-0.4, -0.2) is 41.6 Å². The molecular weight excluding hydrogens is 537 g/mol. The second kappa shape index (κ2) is 19.3. The van der Waals surface area contributed by atoms with Gasteiger partial charge in [-0.3, -0.25) is 6.79 Å². The summed E-state index contributed by atoms with van der Waals surface area (Å²) < 4.78 is 0. The molecule has 0 bridgehead atoms. The predicted octanol–water partition coefficient (Wildman–Crippen LogP) is 8.03. The zero-order valence-electron chi connectivity index (χ0n) is 23.5. The Morgan fingerprint density at radius 1 is 0.514 bits per heavy atom. The van der Waals surface area contributed by atoms with E-state index >= 15 is 0 Å². The second-order valence-corrected chi connectivity index (χ2v) is 18.0. The van der Waals surface area contributed by atoms with Gasteiger partial charge in [-0.05, 0) is 115 Å². The second-order valence-electron chi connectivity index (χ2n) is 11.8. The molecule has 1 aromatic rings. The zero-order chi connectivity index (χ0) is 25.6. The zero-order valence-corrected chi connectivity index (χ0v) is 26.5. The van der Waals surface area contributed by atoms with Gasteiger partial charge in [0.1, 0.15) is 10.6 Å². The Morgan fingerprint density at radius 2 is 0.730 bits per heavy atom. The summed E-state index contributed by atoms with van der Waals surface area (Å²) in [5.41, 5.74) is 4.33. The van der Waals surface area contributed by atoms with Crippen molar-refractivity contribution in [1.82, 2.24) is 0 Å². The number of hydrogen-bond donors (Lipinski definition) is 1. The summed E-state index contributed by atoms with van der Waals surface area (Å²) in [5.74, 6) is 0. The van der Waals surface area contributed by atoms with Crippen LogP contribution in [0.15, 0.2) is 24.3 Å². The summed E-state index contributed by atoms with van der Waals surface area (Å²) in [6, 6.07) is 10.3. The van der Waals surface area contributed by atoms with Crippen molar-refractivity contribution in [2.45, 2.75) is 151 Å². The Morgan fingerprint density at radius 3 is 0.946 bits per heavy atom. The molecule has 5 rings (SSSR count). The SMILES string of the molecule is CO.[CH-]=O.[Ni].c1ccc([PH+](C2CCCCC2)C2CCCCC2)c([PH+](C2CCCCC2)C2CCCCC2)c1. The largest absolute Gasteiger partial charge is 0.545 e. The first kappa shape index (κ1) is 33.4. The van der Waals surface area contributed by atoms with Crippen molar-refractivity contribution >= 4 is 33.2 Å². The number of rotatable bonds is 6. The molecule has 2 nitrogen and oxygen atoms in total. The minimum atomic E-state index is -0.448. The molecule has 4 aliphatic rings. The van der Waals surface area contributed by atoms with Crippen molar-refractivity contribution < 1.29 is 26.4 Å². The maximum absolute atomic E-state index is 7.75. The van der Waals surface area contributed by atoms with Gasteiger partial charge in [-0.2, -0.15) is 0 Å². The van der Waals surface area contributed by atoms with Crippen LogP contribution in [0.4, 0.5) is 0 Å². The van der Waals surface area contributed by atoms with Crippen molar-refractivity contribution in [3.8, 4) is 0 Å². The standard InChI is InChI=1S/C30H48P2.CH4O.CHO.Ni/c1-5-15-25(16-6-1)31(26-17-7-2-8-18-26)29-23-13-14-24-30(29)32(27-19-9-3-10-20-27)28-21-11-4-12-22-28;2*1-2;/h13-14,23-28H,1-12,15-22H2;2H,1H3;1H;/q;;-1;/p+2. The predicted molar refractivity (Wildman–Crippen MR) is 165 cm³/mol. The Kier molecular flexibility index (Phi) is 17.4. The van der Waals surface area contributed by atoms with Crippen LogP contribution in [-0.2, 0) is 21.3 Å².